The smallest absolute Gasteiger partial charge is 0.118 e. The third kappa shape index (κ3) is 5.09. The molecule has 0 heterocycles. The minimum Gasteiger partial charge on any atom is -0.497 e. The molecule has 0 radical (unpaired) electrons. The van der Waals surface area contributed by atoms with Crippen molar-refractivity contribution >= 4 is 0 Å². The molecule has 104 valence electrons. The first-order valence-corrected chi connectivity index (χ1v) is 6.92. The van der Waals surface area contributed by atoms with Gasteiger partial charge in [-0.3, -0.25) is 0 Å². The lowest BCUT2D eigenvalue weighted by atomic mass is 9.80. The van der Waals surface area contributed by atoms with E-state index in [1.54, 1.807) is 13.2 Å². The zero-order valence-corrected chi connectivity index (χ0v) is 12.4. The van der Waals surface area contributed by atoms with Crippen molar-refractivity contribution in [2.24, 2.45) is 17.6 Å². The van der Waals surface area contributed by atoms with Crippen molar-refractivity contribution in [1.29, 1.82) is 0 Å². The predicted octanol–water partition coefficient (Wildman–Crippen LogP) is 4.05. The van der Waals surface area contributed by atoms with Crippen molar-refractivity contribution in [3.63, 3.8) is 0 Å². The Morgan fingerprint density at radius 1 is 1.39 bits per heavy atom. The summed E-state index contributed by atoms with van der Waals surface area (Å²) in [5.41, 5.74) is 7.21. The normalized spacial score (nSPS) is 16.3. The molecule has 2 heteroatoms. The SMILES string of the molecule is C=C/C(=C\C(=C/C)C(CCC)C(CC)CN)OC. The average Bonchev–Trinajstić information content (AvgIpc) is 2.41. The quantitative estimate of drug-likeness (QED) is 0.495. The van der Waals surface area contributed by atoms with E-state index >= 15 is 0 Å². The number of allylic oxidation sites excluding steroid dienone is 4. The number of nitrogens with two attached hydrogens (primary N) is 1. The highest BCUT2D eigenvalue weighted by molar-refractivity contribution is 5.28. The summed E-state index contributed by atoms with van der Waals surface area (Å²) in [6, 6.07) is 0. The average molecular weight is 251 g/mol. The van der Waals surface area contributed by atoms with E-state index in [1.807, 2.05) is 0 Å². The molecule has 0 saturated heterocycles. The Labute approximate surface area is 113 Å². The zero-order chi connectivity index (χ0) is 14.0. The van der Waals surface area contributed by atoms with E-state index in [0.717, 1.165) is 18.7 Å². The second-order valence-electron chi connectivity index (χ2n) is 4.54. The van der Waals surface area contributed by atoms with E-state index in [9.17, 15) is 0 Å². The fourth-order valence-corrected chi connectivity index (χ4v) is 2.37. The largest absolute Gasteiger partial charge is 0.497 e. The Morgan fingerprint density at radius 3 is 2.39 bits per heavy atom. The third-order valence-electron chi connectivity index (χ3n) is 3.50. The van der Waals surface area contributed by atoms with Gasteiger partial charge in [0.15, 0.2) is 0 Å². The molecule has 2 N–H and O–H groups in total. The molecule has 0 fully saturated rings. The number of hydrogen-bond donors (Lipinski definition) is 1. The first-order valence-electron chi connectivity index (χ1n) is 6.92. The molecule has 0 spiro atoms. The lowest BCUT2D eigenvalue weighted by molar-refractivity contribution is 0.303. The van der Waals surface area contributed by atoms with Gasteiger partial charge in [-0.1, -0.05) is 39.3 Å². The Morgan fingerprint density at radius 2 is 2.06 bits per heavy atom. The van der Waals surface area contributed by atoms with Crippen molar-refractivity contribution in [3.05, 3.63) is 36.1 Å². The summed E-state index contributed by atoms with van der Waals surface area (Å²) >= 11 is 0. The van der Waals surface area contributed by atoms with Gasteiger partial charge in [-0.15, -0.1) is 0 Å². The van der Waals surface area contributed by atoms with Gasteiger partial charge < -0.3 is 10.5 Å². The minimum absolute atomic E-state index is 0.514. The van der Waals surface area contributed by atoms with Crippen LogP contribution in [0.15, 0.2) is 36.1 Å². The monoisotopic (exact) mass is 251 g/mol. The van der Waals surface area contributed by atoms with E-state index in [2.05, 4.69) is 39.5 Å². The summed E-state index contributed by atoms with van der Waals surface area (Å²) < 4.78 is 5.28. The maximum absolute atomic E-state index is 5.90. The highest BCUT2D eigenvalue weighted by Crippen LogP contribution is 2.29. The molecule has 0 aliphatic carbocycles. The Hall–Kier alpha value is -1.02. The van der Waals surface area contributed by atoms with Crippen LogP contribution >= 0.6 is 0 Å². The van der Waals surface area contributed by atoms with Crippen LogP contribution in [0.25, 0.3) is 0 Å². The van der Waals surface area contributed by atoms with Crippen LogP contribution in [-0.2, 0) is 4.74 Å². The van der Waals surface area contributed by atoms with Crippen molar-refractivity contribution in [3.8, 4) is 0 Å². The molecule has 0 aliphatic rings. The zero-order valence-electron chi connectivity index (χ0n) is 12.4. The predicted molar refractivity (Wildman–Crippen MR) is 80.3 cm³/mol. The maximum atomic E-state index is 5.90. The number of ether oxygens (including phenoxy) is 1. The summed E-state index contributed by atoms with van der Waals surface area (Å²) in [6.07, 6.45) is 9.45. The molecule has 0 aliphatic heterocycles. The van der Waals surface area contributed by atoms with Gasteiger partial charge in [0, 0.05) is 0 Å². The Kier molecular flexibility index (Phi) is 9.39. The van der Waals surface area contributed by atoms with Gasteiger partial charge in [0.2, 0.25) is 0 Å². The van der Waals surface area contributed by atoms with Crippen molar-refractivity contribution < 1.29 is 4.74 Å². The lowest BCUT2D eigenvalue weighted by Crippen LogP contribution is -2.24. The molecule has 0 bridgehead atoms. The molecule has 0 aromatic carbocycles. The van der Waals surface area contributed by atoms with Crippen LogP contribution in [0.4, 0.5) is 0 Å². The molecule has 18 heavy (non-hydrogen) atoms. The van der Waals surface area contributed by atoms with Crippen LogP contribution in [0, 0.1) is 11.8 Å². The number of hydrogen-bond acceptors (Lipinski definition) is 2. The van der Waals surface area contributed by atoms with Crippen LogP contribution in [0.1, 0.15) is 40.0 Å². The Bertz CT molecular complexity index is 287. The molecule has 2 unspecified atom stereocenters. The summed E-state index contributed by atoms with van der Waals surface area (Å²) in [5, 5.41) is 0. The van der Waals surface area contributed by atoms with Gasteiger partial charge >= 0.3 is 0 Å². The van der Waals surface area contributed by atoms with Crippen LogP contribution in [-0.4, -0.2) is 13.7 Å². The standard InChI is InChI=1S/C16H29NO/c1-6-10-16(14(8-3)12-17)13(7-2)11-15(9-4)18-5/h7,9,11,14,16H,4,6,8,10,12,17H2,1-3,5H3/b13-7+,15-11+. The molecule has 0 rings (SSSR count). The topological polar surface area (TPSA) is 35.2 Å². The Balaban J connectivity index is 5.16. The summed E-state index contributed by atoms with van der Waals surface area (Å²) in [7, 11) is 1.68. The second-order valence-corrected chi connectivity index (χ2v) is 4.54. The first-order chi connectivity index (χ1) is 8.68. The lowest BCUT2D eigenvalue weighted by Gasteiger charge is -2.26. The van der Waals surface area contributed by atoms with E-state index in [1.165, 1.54) is 18.4 Å². The first kappa shape index (κ1) is 17.0. The van der Waals surface area contributed by atoms with Gasteiger partial charge in [0.25, 0.3) is 0 Å². The van der Waals surface area contributed by atoms with Crippen molar-refractivity contribution in [1.82, 2.24) is 0 Å². The van der Waals surface area contributed by atoms with Crippen molar-refractivity contribution in [2.45, 2.75) is 40.0 Å². The highest BCUT2D eigenvalue weighted by atomic mass is 16.5. The minimum atomic E-state index is 0.514. The molecule has 0 aromatic rings. The van der Waals surface area contributed by atoms with Gasteiger partial charge in [-0.2, -0.15) is 0 Å². The van der Waals surface area contributed by atoms with Crippen LogP contribution in [0.3, 0.4) is 0 Å². The summed E-state index contributed by atoms with van der Waals surface area (Å²) in [6.45, 7) is 11.0. The third-order valence-corrected chi connectivity index (χ3v) is 3.50. The molecule has 2 nitrogen and oxygen atoms in total. The fraction of sp³-hybridized carbons (Fsp3) is 0.625. The van der Waals surface area contributed by atoms with E-state index < -0.39 is 0 Å². The number of methoxy groups -OCH3 is 1. The molecule has 0 aromatic heterocycles. The molecular formula is C16H29NO. The highest BCUT2D eigenvalue weighted by Gasteiger charge is 2.20. The molecular weight excluding hydrogens is 222 g/mol. The van der Waals surface area contributed by atoms with Gasteiger partial charge in [0.05, 0.1) is 7.11 Å². The van der Waals surface area contributed by atoms with Gasteiger partial charge in [0.1, 0.15) is 5.76 Å². The molecule has 2 atom stereocenters. The van der Waals surface area contributed by atoms with Gasteiger partial charge in [-0.05, 0) is 49.5 Å². The maximum Gasteiger partial charge on any atom is 0.118 e. The fourth-order valence-electron chi connectivity index (χ4n) is 2.37. The molecule has 0 amide bonds. The number of rotatable bonds is 9. The van der Waals surface area contributed by atoms with E-state index in [4.69, 9.17) is 10.5 Å². The molecule has 0 saturated carbocycles. The summed E-state index contributed by atoms with van der Waals surface area (Å²) in [5.74, 6) is 1.87. The van der Waals surface area contributed by atoms with Crippen LogP contribution in [0.2, 0.25) is 0 Å². The van der Waals surface area contributed by atoms with Crippen molar-refractivity contribution in [2.75, 3.05) is 13.7 Å². The van der Waals surface area contributed by atoms with Crippen LogP contribution < -0.4 is 5.73 Å². The van der Waals surface area contributed by atoms with Gasteiger partial charge in [-0.25, -0.2) is 0 Å². The van der Waals surface area contributed by atoms with E-state index in [-0.39, 0.29) is 0 Å². The van der Waals surface area contributed by atoms with Crippen LogP contribution in [0.5, 0.6) is 0 Å². The second kappa shape index (κ2) is 9.95. The summed E-state index contributed by atoms with van der Waals surface area (Å²) in [4.78, 5) is 0. The van der Waals surface area contributed by atoms with E-state index in [0.29, 0.717) is 11.8 Å².